The van der Waals surface area contributed by atoms with E-state index < -0.39 is 0 Å². The van der Waals surface area contributed by atoms with Gasteiger partial charge in [0.1, 0.15) is 5.52 Å². The number of imidazole rings is 1. The van der Waals surface area contributed by atoms with Gasteiger partial charge in [-0.3, -0.25) is 4.79 Å². The Morgan fingerprint density at radius 3 is 2.53 bits per heavy atom. The summed E-state index contributed by atoms with van der Waals surface area (Å²) in [6.45, 7) is 0. The Kier molecular flexibility index (Phi) is 2.45. The Balaban J connectivity index is 2.13. The van der Waals surface area contributed by atoms with Crippen molar-refractivity contribution >= 4 is 28.5 Å². The molecule has 0 radical (unpaired) electrons. The molecule has 0 aliphatic heterocycles. The van der Waals surface area contributed by atoms with Gasteiger partial charge in [0.15, 0.2) is 11.7 Å². The predicted molar refractivity (Wildman–Crippen MR) is 74.8 cm³/mol. The minimum atomic E-state index is -0.0811. The summed E-state index contributed by atoms with van der Waals surface area (Å²) < 4.78 is 0. The molecule has 0 unspecified atom stereocenters. The molecule has 5 N–H and O–H groups in total. The Morgan fingerprint density at radius 2 is 1.79 bits per heavy atom. The van der Waals surface area contributed by atoms with Crippen molar-refractivity contribution in [2.24, 2.45) is 0 Å². The molecule has 3 aromatic rings. The van der Waals surface area contributed by atoms with Crippen LogP contribution in [0, 0.1) is 0 Å². The van der Waals surface area contributed by atoms with E-state index in [1.54, 1.807) is 24.3 Å². The average Bonchev–Trinajstić information content (AvgIpc) is 2.80. The van der Waals surface area contributed by atoms with E-state index in [1.165, 1.54) is 0 Å². The molecular formula is C14H12N4O. The summed E-state index contributed by atoms with van der Waals surface area (Å²) in [6.07, 6.45) is 0. The molecule has 0 bridgehead atoms. The van der Waals surface area contributed by atoms with Crippen LogP contribution < -0.4 is 11.5 Å². The number of nitrogens with one attached hydrogen (secondary N) is 1. The number of hydrogen-bond donors (Lipinski definition) is 3. The highest BCUT2D eigenvalue weighted by Gasteiger charge is 2.13. The minimum absolute atomic E-state index is 0.0811. The Bertz CT molecular complexity index is 762. The largest absolute Gasteiger partial charge is 0.397 e. The van der Waals surface area contributed by atoms with E-state index in [0.29, 0.717) is 27.8 Å². The van der Waals surface area contributed by atoms with E-state index in [9.17, 15) is 4.79 Å². The first-order valence-corrected chi connectivity index (χ1v) is 5.79. The fourth-order valence-corrected chi connectivity index (χ4v) is 2.05. The van der Waals surface area contributed by atoms with Gasteiger partial charge in [-0.1, -0.05) is 30.3 Å². The van der Waals surface area contributed by atoms with Crippen LogP contribution in [0.4, 0.5) is 11.6 Å². The fraction of sp³-hybridized carbons (Fsp3) is 0. The maximum Gasteiger partial charge on any atom is 0.198 e. The summed E-state index contributed by atoms with van der Waals surface area (Å²) >= 11 is 0. The zero-order chi connectivity index (χ0) is 13.4. The number of fused-ring (bicyclic) bond motifs is 1. The number of H-pyrrole nitrogens is 1. The van der Waals surface area contributed by atoms with E-state index in [0.717, 1.165) is 0 Å². The van der Waals surface area contributed by atoms with Crippen LogP contribution in [-0.2, 0) is 0 Å². The SMILES string of the molecule is Nc1nc2c(N)cc(C(=O)c3ccccc3)cc2[nH]1. The van der Waals surface area contributed by atoms with Crippen LogP contribution >= 0.6 is 0 Å². The number of benzene rings is 2. The number of nitrogens with zero attached hydrogens (tertiary/aromatic N) is 1. The normalized spacial score (nSPS) is 10.7. The maximum absolute atomic E-state index is 12.3. The summed E-state index contributed by atoms with van der Waals surface area (Å²) in [4.78, 5) is 19.3. The summed E-state index contributed by atoms with van der Waals surface area (Å²) in [5, 5.41) is 0. The van der Waals surface area contributed by atoms with E-state index in [2.05, 4.69) is 9.97 Å². The molecule has 1 heterocycles. The van der Waals surface area contributed by atoms with Crippen molar-refractivity contribution in [1.82, 2.24) is 9.97 Å². The molecule has 0 saturated heterocycles. The van der Waals surface area contributed by atoms with Gasteiger partial charge < -0.3 is 16.5 Å². The molecule has 5 heteroatoms. The lowest BCUT2D eigenvalue weighted by Gasteiger charge is -2.03. The molecule has 0 saturated carbocycles. The van der Waals surface area contributed by atoms with Gasteiger partial charge >= 0.3 is 0 Å². The number of carbonyl (C=O) groups excluding carboxylic acids is 1. The van der Waals surface area contributed by atoms with Crippen molar-refractivity contribution < 1.29 is 4.79 Å². The average molecular weight is 252 g/mol. The lowest BCUT2D eigenvalue weighted by atomic mass is 10.0. The van der Waals surface area contributed by atoms with Gasteiger partial charge in [0.25, 0.3) is 0 Å². The molecular weight excluding hydrogens is 240 g/mol. The van der Waals surface area contributed by atoms with Crippen molar-refractivity contribution in [3.05, 3.63) is 53.6 Å². The van der Waals surface area contributed by atoms with E-state index in [1.807, 2.05) is 18.2 Å². The highest BCUT2D eigenvalue weighted by Crippen LogP contribution is 2.23. The maximum atomic E-state index is 12.3. The fourth-order valence-electron chi connectivity index (χ4n) is 2.05. The molecule has 0 atom stereocenters. The molecule has 3 rings (SSSR count). The van der Waals surface area contributed by atoms with Crippen molar-refractivity contribution in [2.45, 2.75) is 0 Å². The molecule has 2 aromatic carbocycles. The van der Waals surface area contributed by atoms with Gasteiger partial charge in [0.05, 0.1) is 11.2 Å². The van der Waals surface area contributed by atoms with E-state index in [4.69, 9.17) is 11.5 Å². The van der Waals surface area contributed by atoms with Gasteiger partial charge in [-0.2, -0.15) is 0 Å². The van der Waals surface area contributed by atoms with Crippen LogP contribution in [0.3, 0.4) is 0 Å². The minimum Gasteiger partial charge on any atom is -0.397 e. The predicted octanol–water partition coefficient (Wildman–Crippen LogP) is 1.96. The number of hydrogen-bond acceptors (Lipinski definition) is 4. The van der Waals surface area contributed by atoms with Crippen molar-refractivity contribution in [3.63, 3.8) is 0 Å². The molecule has 0 amide bonds. The quantitative estimate of drug-likeness (QED) is 0.479. The third-order valence-electron chi connectivity index (χ3n) is 2.93. The first-order valence-electron chi connectivity index (χ1n) is 5.79. The van der Waals surface area contributed by atoms with E-state index >= 15 is 0 Å². The number of ketones is 1. The van der Waals surface area contributed by atoms with Crippen LogP contribution in [0.2, 0.25) is 0 Å². The summed E-state index contributed by atoms with van der Waals surface area (Å²) in [7, 11) is 0. The molecule has 0 spiro atoms. The van der Waals surface area contributed by atoms with Crippen LogP contribution in [0.25, 0.3) is 11.0 Å². The molecule has 5 nitrogen and oxygen atoms in total. The zero-order valence-corrected chi connectivity index (χ0v) is 10.1. The van der Waals surface area contributed by atoms with Crippen LogP contribution in [-0.4, -0.2) is 15.8 Å². The number of aromatic amines is 1. The lowest BCUT2D eigenvalue weighted by molar-refractivity contribution is 0.103. The van der Waals surface area contributed by atoms with Gasteiger partial charge in [-0.05, 0) is 12.1 Å². The summed E-state index contributed by atoms with van der Waals surface area (Å²) in [5.74, 6) is 0.202. The second kappa shape index (κ2) is 4.13. The van der Waals surface area contributed by atoms with Gasteiger partial charge in [-0.15, -0.1) is 0 Å². The highest BCUT2D eigenvalue weighted by molar-refractivity contribution is 6.11. The number of aromatic nitrogens is 2. The third kappa shape index (κ3) is 1.91. The number of carbonyl (C=O) groups is 1. The zero-order valence-electron chi connectivity index (χ0n) is 10.1. The summed E-state index contributed by atoms with van der Waals surface area (Å²) in [5.41, 5.74) is 14.3. The van der Waals surface area contributed by atoms with Crippen molar-refractivity contribution in [1.29, 1.82) is 0 Å². The van der Waals surface area contributed by atoms with Crippen LogP contribution in [0.15, 0.2) is 42.5 Å². The first kappa shape index (κ1) is 11.3. The molecule has 94 valence electrons. The Hall–Kier alpha value is -2.82. The van der Waals surface area contributed by atoms with Crippen LogP contribution in [0.1, 0.15) is 15.9 Å². The third-order valence-corrected chi connectivity index (χ3v) is 2.93. The topological polar surface area (TPSA) is 97.8 Å². The number of rotatable bonds is 2. The smallest absolute Gasteiger partial charge is 0.198 e. The standard InChI is InChI=1S/C14H12N4O/c15-10-6-9(7-11-12(10)18-14(16)17-11)13(19)8-4-2-1-3-5-8/h1-7H,15H2,(H3,16,17,18). The Labute approximate surface area is 109 Å². The first-order chi connectivity index (χ1) is 9.15. The highest BCUT2D eigenvalue weighted by atomic mass is 16.1. The molecule has 0 aliphatic rings. The number of nitrogen functional groups attached to an aromatic ring is 2. The molecule has 1 aromatic heterocycles. The van der Waals surface area contributed by atoms with E-state index in [-0.39, 0.29) is 11.7 Å². The van der Waals surface area contributed by atoms with Gasteiger partial charge in [-0.25, -0.2) is 4.98 Å². The van der Waals surface area contributed by atoms with Crippen LogP contribution in [0.5, 0.6) is 0 Å². The molecule has 0 fully saturated rings. The second-order valence-corrected chi connectivity index (χ2v) is 4.28. The Morgan fingerprint density at radius 1 is 1.05 bits per heavy atom. The van der Waals surface area contributed by atoms with Gasteiger partial charge in [0, 0.05) is 11.1 Å². The van der Waals surface area contributed by atoms with Crippen molar-refractivity contribution in [2.75, 3.05) is 11.5 Å². The summed E-state index contributed by atoms with van der Waals surface area (Å²) in [6, 6.07) is 12.4. The monoisotopic (exact) mass is 252 g/mol. The second-order valence-electron chi connectivity index (χ2n) is 4.28. The molecule has 19 heavy (non-hydrogen) atoms. The van der Waals surface area contributed by atoms with Gasteiger partial charge in [0.2, 0.25) is 0 Å². The van der Waals surface area contributed by atoms with Crippen molar-refractivity contribution in [3.8, 4) is 0 Å². The number of anilines is 2. The lowest BCUT2D eigenvalue weighted by Crippen LogP contribution is -2.02. The number of nitrogens with two attached hydrogens (primary N) is 2. The molecule has 0 aliphatic carbocycles.